The highest BCUT2D eigenvalue weighted by Crippen LogP contribution is 2.30. The Morgan fingerprint density at radius 1 is 1.33 bits per heavy atom. The van der Waals surface area contributed by atoms with Crippen LogP contribution >= 0.6 is 11.8 Å². The van der Waals surface area contributed by atoms with Gasteiger partial charge in [0, 0.05) is 38.1 Å². The van der Waals surface area contributed by atoms with Gasteiger partial charge in [-0.2, -0.15) is 0 Å². The molecule has 1 atom stereocenters. The fourth-order valence-corrected chi connectivity index (χ4v) is 3.15. The molecule has 2 N–H and O–H groups in total. The van der Waals surface area contributed by atoms with E-state index in [1.807, 2.05) is 42.2 Å². The quantitative estimate of drug-likeness (QED) is 0.786. The van der Waals surface area contributed by atoms with Gasteiger partial charge in [0.25, 0.3) is 0 Å². The van der Waals surface area contributed by atoms with Crippen molar-refractivity contribution in [1.29, 1.82) is 0 Å². The molecule has 0 aliphatic heterocycles. The summed E-state index contributed by atoms with van der Waals surface area (Å²) < 4.78 is 4.12. The van der Waals surface area contributed by atoms with Gasteiger partial charge in [0.05, 0.1) is 5.69 Å². The minimum absolute atomic E-state index is 0.144. The van der Waals surface area contributed by atoms with Crippen molar-refractivity contribution in [2.75, 3.05) is 0 Å². The molecule has 0 amide bonds. The molecule has 0 aliphatic carbocycles. The van der Waals surface area contributed by atoms with Crippen LogP contribution in [0.5, 0.6) is 0 Å². The van der Waals surface area contributed by atoms with Gasteiger partial charge in [0.15, 0.2) is 5.16 Å². The predicted molar refractivity (Wildman–Crippen MR) is 84.5 cm³/mol. The summed E-state index contributed by atoms with van der Waals surface area (Å²) in [6.07, 6.45) is 7.55. The Morgan fingerprint density at radius 3 is 2.90 bits per heavy atom. The topological polar surface area (TPSA) is 61.1 Å². The smallest absolute Gasteiger partial charge is 0.174 e. The van der Waals surface area contributed by atoms with E-state index in [9.17, 15) is 0 Å². The highest BCUT2D eigenvalue weighted by molar-refractivity contribution is 7.99. The van der Waals surface area contributed by atoms with Crippen molar-refractivity contribution in [2.45, 2.75) is 36.0 Å². The number of hydrogen-bond acceptors (Lipinski definition) is 4. The molecule has 5 nitrogen and oxygen atoms in total. The lowest BCUT2D eigenvalue weighted by molar-refractivity contribution is 0.626. The maximum Gasteiger partial charge on any atom is 0.174 e. The largest absolute Gasteiger partial charge is 0.329 e. The molecule has 0 saturated carbocycles. The Hall–Kier alpha value is -1.79. The minimum Gasteiger partial charge on any atom is -0.329 e. The zero-order valence-electron chi connectivity index (χ0n) is 12.2. The summed E-state index contributed by atoms with van der Waals surface area (Å²) in [5.74, 6) is 0. The monoisotopic (exact) mass is 301 g/mol. The van der Waals surface area contributed by atoms with E-state index in [1.54, 1.807) is 18.0 Å². The number of pyridine rings is 1. The maximum absolute atomic E-state index is 6.16. The van der Waals surface area contributed by atoms with E-state index in [1.165, 1.54) is 0 Å². The second-order valence-electron chi connectivity index (χ2n) is 5.09. The summed E-state index contributed by atoms with van der Waals surface area (Å²) in [5.41, 5.74) is 8.27. The first-order chi connectivity index (χ1) is 10.2. The normalized spacial score (nSPS) is 12.9. The molecule has 3 aromatic heterocycles. The van der Waals surface area contributed by atoms with Crippen LogP contribution in [-0.2, 0) is 13.5 Å². The van der Waals surface area contributed by atoms with Crippen LogP contribution in [0, 0.1) is 0 Å². The van der Waals surface area contributed by atoms with Crippen LogP contribution in [0.4, 0.5) is 0 Å². The van der Waals surface area contributed by atoms with Crippen LogP contribution in [0.25, 0.3) is 5.65 Å². The fraction of sp³-hybridized carbons (Fsp3) is 0.333. The maximum atomic E-state index is 6.16. The summed E-state index contributed by atoms with van der Waals surface area (Å²) >= 11 is 1.59. The van der Waals surface area contributed by atoms with E-state index in [0.29, 0.717) is 0 Å². The van der Waals surface area contributed by atoms with Crippen LogP contribution in [0.15, 0.2) is 47.0 Å². The lowest BCUT2D eigenvalue weighted by atomic mass is 10.1. The predicted octanol–water partition coefficient (Wildman–Crippen LogP) is 2.50. The Labute approximate surface area is 128 Å². The third kappa shape index (κ3) is 2.82. The second kappa shape index (κ2) is 5.91. The molecule has 0 bridgehead atoms. The number of nitrogens with zero attached hydrogens (tertiary/aromatic N) is 4. The van der Waals surface area contributed by atoms with E-state index in [2.05, 4.69) is 16.3 Å². The van der Waals surface area contributed by atoms with Crippen molar-refractivity contribution < 1.29 is 0 Å². The van der Waals surface area contributed by atoms with Crippen molar-refractivity contribution in [3.05, 3.63) is 42.5 Å². The van der Waals surface area contributed by atoms with E-state index >= 15 is 0 Å². The van der Waals surface area contributed by atoms with Crippen LogP contribution in [-0.4, -0.2) is 25.0 Å². The molecule has 110 valence electrons. The first-order valence-corrected chi connectivity index (χ1v) is 7.87. The van der Waals surface area contributed by atoms with Gasteiger partial charge < -0.3 is 14.7 Å². The molecule has 21 heavy (non-hydrogen) atoms. The number of fused-ring (bicyclic) bond motifs is 1. The van der Waals surface area contributed by atoms with Gasteiger partial charge in [-0.25, -0.2) is 9.97 Å². The molecular weight excluding hydrogens is 282 g/mol. The summed E-state index contributed by atoms with van der Waals surface area (Å²) in [4.78, 5) is 9.10. The third-order valence-electron chi connectivity index (χ3n) is 3.54. The fourth-order valence-electron chi connectivity index (χ4n) is 2.22. The van der Waals surface area contributed by atoms with Gasteiger partial charge in [0.1, 0.15) is 10.7 Å². The molecule has 0 aromatic carbocycles. The Kier molecular flexibility index (Phi) is 3.98. The van der Waals surface area contributed by atoms with Gasteiger partial charge >= 0.3 is 0 Å². The molecule has 0 spiro atoms. The van der Waals surface area contributed by atoms with Gasteiger partial charge in [0.2, 0.25) is 0 Å². The molecule has 3 rings (SSSR count). The highest BCUT2D eigenvalue weighted by Gasteiger charge is 2.17. The molecule has 3 aromatic rings. The Balaban J connectivity index is 2.03. The molecule has 0 fully saturated rings. The Bertz CT molecular complexity index is 745. The summed E-state index contributed by atoms with van der Waals surface area (Å²) in [6.45, 7) is 2.11. The second-order valence-corrected chi connectivity index (χ2v) is 6.04. The molecule has 1 unspecified atom stereocenters. The minimum atomic E-state index is 0.144. The summed E-state index contributed by atoms with van der Waals surface area (Å²) in [5, 5.41) is 1.92. The van der Waals surface area contributed by atoms with Crippen LogP contribution in [0.3, 0.4) is 0 Å². The first kappa shape index (κ1) is 14.2. The van der Waals surface area contributed by atoms with Crippen molar-refractivity contribution in [3.8, 4) is 0 Å². The molecule has 0 aliphatic rings. The van der Waals surface area contributed by atoms with Crippen molar-refractivity contribution >= 4 is 17.4 Å². The number of nitrogens with two attached hydrogens (primary N) is 1. The lowest BCUT2D eigenvalue weighted by Gasteiger charge is -2.10. The van der Waals surface area contributed by atoms with E-state index < -0.39 is 0 Å². The Morgan fingerprint density at radius 2 is 2.19 bits per heavy atom. The molecule has 0 saturated heterocycles. The standard InChI is InChI=1S/C15H19N5S/c1-3-11(16)10-12-14(21-15-17-7-9-19(15)2)18-13-6-4-5-8-20(12)13/h4-9,11H,3,10,16H2,1-2H3. The van der Waals surface area contributed by atoms with E-state index in [4.69, 9.17) is 10.7 Å². The SMILES string of the molecule is CCC(N)Cc1c(Sc2nccn2C)nc2ccccn12. The molecule has 6 heteroatoms. The zero-order valence-corrected chi connectivity index (χ0v) is 13.0. The molecule has 0 radical (unpaired) electrons. The van der Waals surface area contributed by atoms with Gasteiger partial charge in [-0.3, -0.25) is 0 Å². The van der Waals surface area contributed by atoms with Crippen molar-refractivity contribution in [2.24, 2.45) is 12.8 Å². The van der Waals surface area contributed by atoms with Crippen LogP contribution < -0.4 is 5.73 Å². The van der Waals surface area contributed by atoms with E-state index in [-0.39, 0.29) is 6.04 Å². The number of aryl methyl sites for hydroxylation is 1. The average molecular weight is 301 g/mol. The number of hydrogen-bond donors (Lipinski definition) is 1. The summed E-state index contributed by atoms with van der Waals surface area (Å²) in [6, 6.07) is 6.18. The van der Waals surface area contributed by atoms with Gasteiger partial charge in [-0.15, -0.1) is 0 Å². The van der Waals surface area contributed by atoms with Crippen molar-refractivity contribution in [1.82, 2.24) is 18.9 Å². The van der Waals surface area contributed by atoms with Crippen LogP contribution in [0.2, 0.25) is 0 Å². The number of imidazole rings is 2. The number of rotatable bonds is 5. The average Bonchev–Trinajstić information content (AvgIpc) is 3.04. The lowest BCUT2D eigenvalue weighted by Crippen LogP contribution is -2.22. The summed E-state index contributed by atoms with van der Waals surface area (Å²) in [7, 11) is 1.99. The first-order valence-electron chi connectivity index (χ1n) is 7.05. The van der Waals surface area contributed by atoms with E-state index in [0.717, 1.165) is 34.4 Å². The van der Waals surface area contributed by atoms with Gasteiger partial charge in [-0.1, -0.05) is 13.0 Å². The number of aromatic nitrogens is 4. The van der Waals surface area contributed by atoms with Crippen molar-refractivity contribution in [3.63, 3.8) is 0 Å². The third-order valence-corrected chi connectivity index (χ3v) is 4.63. The van der Waals surface area contributed by atoms with Crippen LogP contribution in [0.1, 0.15) is 19.0 Å². The highest BCUT2D eigenvalue weighted by atomic mass is 32.2. The molecule has 3 heterocycles. The zero-order chi connectivity index (χ0) is 14.8. The molecular formula is C15H19N5S. The van der Waals surface area contributed by atoms with Gasteiger partial charge in [-0.05, 0) is 30.3 Å².